The van der Waals surface area contributed by atoms with Gasteiger partial charge in [0.05, 0.1) is 31.0 Å². The molecule has 1 amide bonds. The van der Waals surface area contributed by atoms with Crippen LogP contribution in [-0.4, -0.2) is 38.6 Å². The van der Waals surface area contributed by atoms with Gasteiger partial charge in [-0.05, 0) is 30.7 Å². The Labute approximate surface area is 157 Å². The van der Waals surface area contributed by atoms with E-state index in [2.05, 4.69) is 5.32 Å². The Morgan fingerprint density at radius 2 is 1.74 bits per heavy atom. The fraction of sp³-hybridized carbons (Fsp3) is 0.250. The maximum atomic E-state index is 12.6. The van der Waals surface area contributed by atoms with Crippen LogP contribution < -0.4 is 10.2 Å². The van der Waals surface area contributed by atoms with Crippen LogP contribution in [0.15, 0.2) is 60.0 Å². The molecule has 0 radical (unpaired) electrons. The van der Waals surface area contributed by atoms with Crippen molar-refractivity contribution < 1.29 is 23.9 Å². The highest BCUT2D eigenvalue weighted by Gasteiger charge is 2.29. The van der Waals surface area contributed by atoms with Crippen LogP contribution in [0.5, 0.6) is 0 Å². The van der Waals surface area contributed by atoms with Gasteiger partial charge in [0, 0.05) is 12.7 Å². The SMILES string of the molecule is CCCNC(=O)c1ccccc1N1C=CC=CC(C(=O)OC)=C1C(=O)OC. The van der Waals surface area contributed by atoms with E-state index in [0.29, 0.717) is 17.8 Å². The molecule has 0 saturated carbocycles. The van der Waals surface area contributed by atoms with Crippen LogP contribution in [0.2, 0.25) is 0 Å². The van der Waals surface area contributed by atoms with Gasteiger partial charge in [0.2, 0.25) is 0 Å². The van der Waals surface area contributed by atoms with E-state index in [1.807, 2.05) is 6.92 Å². The normalized spacial score (nSPS) is 13.2. The minimum absolute atomic E-state index is 0.0260. The van der Waals surface area contributed by atoms with Crippen molar-refractivity contribution >= 4 is 23.5 Å². The number of rotatable bonds is 6. The van der Waals surface area contributed by atoms with Gasteiger partial charge in [-0.2, -0.15) is 0 Å². The Morgan fingerprint density at radius 1 is 1.04 bits per heavy atom. The first-order valence-electron chi connectivity index (χ1n) is 8.47. The number of amides is 1. The molecule has 1 aliphatic heterocycles. The molecule has 0 bridgehead atoms. The average Bonchev–Trinajstić information content (AvgIpc) is 2.93. The molecule has 1 aromatic rings. The number of ether oxygens (including phenoxy) is 2. The van der Waals surface area contributed by atoms with Crippen LogP contribution in [0.1, 0.15) is 23.7 Å². The number of nitrogens with zero attached hydrogens (tertiary/aromatic N) is 1. The van der Waals surface area contributed by atoms with E-state index in [-0.39, 0.29) is 17.2 Å². The van der Waals surface area contributed by atoms with Crippen molar-refractivity contribution in [3.05, 3.63) is 65.5 Å². The first-order valence-corrected chi connectivity index (χ1v) is 8.47. The standard InChI is InChI=1S/C20H22N2O5/c1-4-12-21-18(23)14-9-5-6-11-16(14)22-13-8-7-10-15(19(24)26-2)17(22)20(25)27-3/h5-11,13H,4,12H2,1-3H3,(H,21,23). The lowest BCUT2D eigenvalue weighted by Crippen LogP contribution is -2.30. The third-order valence-corrected chi connectivity index (χ3v) is 3.83. The van der Waals surface area contributed by atoms with Gasteiger partial charge in [-0.25, -0.2) is 9.59 Å². The maximum absolute atomic E-state index is 12.6. The van der Waals surface area contributed by atoms with Crippen LogP contribution >= 0.6 is 0 Å². The lowest BCUT2D eigenvalue weighted by molar-refractivity contribution is -0.139. The minimum Gasteiger partial charge on any atom is -0.465 e. The predicted molar refractivity (Wildman–Crippen MR) is 101 cm³/mol. The van der Waals surface area contributed by atoms with Crippen LogP contribution in [0.3, 0.4) is 0 Å². The highest BCUT2D eigenvalue weighted by molar-refractivity contribution is 6.07. The molecule has 1 N–H and O–H groups in total. The number of hydrogen-bond acceptors (Lipinski definition) is 6. The average molecular weight is 370 g/mol. The van der Waals surface area contributed by atoms with E-state index in [4.69, 9.17) is 9.47 Å². The Bertz CT molecular complexity index is 823. The molecule has 1 aliphatic rings. The topological polar surface area (TPSA) is 84.9 Å². The minimum atomic E-state index is -0.727. The van der Waals surface area contributed by atoms with Crippen molar-refractivity contribution in [2.24, 2.45) is 0 Å². The quantitative estimate of drug-likeness (QED) is 0.774. The van der Waals surface area contributed by atoms with Gasteiger partial charge < -0.3 is 19.7 Å². The van der Waals surface area contributed by atoms with E-state index < -0.39 is 11.9 Å². The summed E-state index contributed by atoms with van der Waals surface area (Å²) in [6.07, 6.45) is 7.11. The van der Waals surface area contributed by atoms with Crippen molar-refractivity contribution in [2.75, 3.05) is 25.7 Å². The first-order chi connectivity index (χ1) is 13.0. The zero-order valence-corrected chi connectivity index (χ0v) is 15.5. The van der Waals surface area contributed by atoms with Gasteiger partial charge >= 0.3 is 11.9 Å². The second kappa shape index (κ2) is 9.38. The van der Waals surface area contributed by atoms with Crippen molar-refractivity contribution in [1.82, 2.24) is 5.32 Å². The van der Waals surface area contributed by atoms with Gasteiger partial charge in [0.15, 0.2) is 0 Å². The highest BCUT2D eigenvalue weighted by atomic mass is 16.5. The summed E-state index contributed by atoms with van der Waals surface area (Å²) in [6.45, 7) is 2.48. The van der Waals surface area contributed by atoms with E-state index in [9.17, 15) is 14.4 Å². The smallest absolute Gasteiger partial charge is 0.355 e. The molecule has 0 atom stereocenters. The summed E-state index contributed by atoms with van der Waals surface area (Å²) < 4.78 is 9.67. The number of carbonyl (C=O) groups excluding carboxylic acids is 3. The largest absolute Gasteiger partial charge is 0.465 e. The molecular weight excluding hydrogens is 348 g/mol. The molecule has 2 rings (SSSR count). The molecule has 142 valence electrons. The van der Waals surface area contributed by atoms with Gasteiger partial charge in [-0.15, -0.1) is 0 Å². The third-order valence-electron chi connectivity index (χ3n) is 3.83. The van der Waals surface area contributed by atoms with E-state index >= 15 is 0 Å². The fourth-order valence-electron chi connectivity index (χ4n) is 2.56. The Morgan fingerprint density at radius 3 is 2.41 bits per heavy atom. The zero-order chi connectivity index (χ0) is 19.8. The molecule has 0 spiro atoms. The molecule has 7 heteroatoms. The third kappa shape index (κ3) is 4.44. The van der Waals surface area contributed by atoms with Crippen LogP contribution in [0.25, 0.3) is 0 Å². The summed E-state index contributed by atoms with van der Waals surface area (Å²) in [5, 5.41) is 2.82. The van der Waals surface area contributed by atoms with Crippen molar-refractivity contribution in [2.45, 2.75) is 13.3 Å². The molecule has 0 unspecified atom stereocenters. The van der Waals surface area contributed by atoms with E-state index in [1.54, 1.807) is 42.6 Å². The molecule has 1 aromatic carbocycles. The summed E-state index contributed by atoms with van der Waals surface area (Å²) in [7, 11) is 2.45. The number of carbonyl (C=O) groups is 3. The monoisotopic (exact) mass is 370 g/mol. The summed E-state index contributed by atoms with van der Waals surface area (Å²) in [5.74, 6) is -1.69. The number of benzene rings is 1. The summed E-state index contributed by atoms with van der Waals surface area (Å²) in [6, 6.07) is 6.81. The highest BCUT2D eigenvalue weighted by Crippen LogP contribution is 2.29. The molecule has 0 aliphatic carbocycles. The van der Waals surface area contributed by atoms with E-state index in [1.165, 1.54) is 25.2 Å². The summed E-state index contributed by atoms with van der Waals surface area (Å²) in [5.41, 5.74) is 0.791. The number of methoxy groups -OCH3 is 2. The summed E-state index contributed by atoms with van der Waals surface area (Å²) in [4.78, 5) is 38.7. The Hall–Kier alpha value is -3.35. The molecule has 7 nitrogen and oxygen atoms in total. The number of nitrogens with one attached hydrogen (secondary N) is 1. The molecule has 1 heterocycles. The van der Waals surface area contributed by atoms with Crippen molar-refractivity contribution in [3.8, 4) is 0 Å². The molecule has 27 heavy (non-hydrogen) atoms. The van der Waals surface area contributed by atoms with E-state index in [0.717, 1.165) is 6.42 Å². The maximum Gasteiger partial charge on any atom is 0.355 e. The van der Waals surface area contributed by atoms with Crippen LogP contribution in [-0.2, 0) is 19.1 Å². The lowest BCUT2D eigenvalue weighted by Gasteiger charge is -2.25. The van der Waals surface area contributed by atoms with Gasteiger partial charge in [0.1, 0.15) is 5.70 Å². The number of hydrogen-bond donors (Lipinski definition) is 1. The number of anilines is 1. The van der Waals surface area contributed by atoms with Crippen LogP contribution in [0.4, 0.5) is 5.69 Å². The molecule has 0 fully saturated rings. The zero-order valence-electron chi connectivity index (χ0n) is 15.5. The van der Waals surface area contributed by atoms with Crippen LogP contribution in [0, 0.1) is 0 Å². The summed E-state index contributed by atoms with van der Waals surface area (Å²) >= 11 is 0. The van der Waals surface area contributed by atoms with Crippen molar-refractivity contribution in [3.63, 3.8) is 0 Å². The number of allylic oxidation sites excluding steroid dienone is 2. The van der Waals surface area contributed by atoms with Gasteiger partial charge in [0.25, 0.3) is 5.91 Å². The molecule has 0 aromatic heterocycles. The second-order valence-corrected chi connectivity index (χ2v) is 5.59. The predicted octanol–water partition coefficient (Wildman–Crippen LogP) is 2.32. The Kier molecular flexibility index (Phi) is 6.93. The second-order valence-electron chi connectivity index (χ2n) is 5.59. The Balaban J connectivity index is 2.63. The fourth-order valence-corrected chi connectivity index (χ4v) is 2.56. The number of esters is 2. The first kappa shape index (κ1) is 20.0. The lowest BCUT2D eigenvalue weighted by atomic mass is 10.1. The van der Waals surface area contributed by atoms with Gasteiger partial charge in [-0.3, -0.25) is 4.79 Å². The van der Waals surface area contributed by atoms with Gasteiger partial charge in [-0.1, -0.05) is 25.1 Å². The molecule has 0 saturated heterocycles. The molecular formula is C20H22N2O5. The van der Waals surface area contributed by atoms with Crippen molar-refractivity contribution in [1.29, 1.82) is 0 Å². The number of para-hydroxylation sites is 1.